The lowest BCUT2D eigenvalue weighted by Crippen LogP contribution is -2.29. The van der Waals surface area contributed by atoms with Gasteiger partial charge in [-0.1, -0.05) is 0 Å². The van der Waals surface area contributed by atoms with Gasteiger partial charge in [0.1, 0.15) is 5.76 Å². The minimum atomic E-state index is 0.128. The van der Waals surface area contributed by atoms with Gasteiger partial charge in [-0.05, 0) is 52.1 Å². The second kappa shape index (κ2) is 5.82. The molecule has 0 aliphatic carbocycles. The highest BCUT2D eigenvalue weighted by Crippen LogP contribution is 2.25. The molecule has 2 heterocycles. The highest BCUT2D eigenvalue weighted by atomic mass is 79.9. The van der Waals surface area contributed by atoms with Crippen LogP contribution in [0.15, 0.2) is 38.0 Å². The van der Waals surface area contributed by atoms with Gasteiger partial charge in [-0.2, -0.15) is 0 Å². The second-order valence-corrected chi connectivity index (χ2v) is 6.23. The number of thiophene rings is 1. The van der Waals surface area contributed by atoms with Crippen molar-refractivity contribution in [1.82, 2.24) is 4.90 Å². The van der Waals surface area contributed by atoms with Crippen LogP contribution in [-0.2, 0) is 6.54 Å². The van der Waals surface area contributed by atoms with Gasteiger partial charge in [-0.25, -0.2) is 0 Å². The van der Waals surface area contributed by atoms with Crippen LogP contribution in [-0.4, -0.2) is 18.5 Å². The highest BCUT2D eigenvalue weighted by Gasteiger charge is 2.18. The van der Waals surface area contributed by atoms with Crippen molar-refractivity contribution >= 4 is 27.3 Å². The van der Waals surface area contributed by atoms with E-state index in [1.807, 2.05) is 12.1 Å². The Labute approximate surface area is 113 Å². The summed E-state index contributed by atoms with van der Waals surface area (Å²) < 4.78 is 6.58. The van der Waals surface area contributed by atoms with Crippen LogP contribution in [0.3, 0.4) is 0 Å². The van der Waals surface area contributed by atoms with Crippen LogP contribution >= 0.6 is 27.3 Å². The maximum atomic E-state index is 5.82. The molecule has 2 aromatic heterocycles. The molecule has 1 unspecified atom stereocenters. The van der Waals surface area contributed by atoms with Crippen LogP contribution in [0.1, 0.15) is 17.4 Å². The Morgan fingerprint density at radius 3 is 2.94 bits per heavy atom. The first kappa shape index (κ1) is 12.8. The van der Waals surface area contributed by atoms with Crippen molar-refractivity contribution < 1.29 is 4.42 Å². The van der Waals surface area contributed by atoms with Crippen LogP contribution in [0.2, 0.25) is 0 Å². The van der Waals surface area contributed by atoms with Crippen molar-refractivity contribution in [2.45, 2.75) is 12.6 Å². The molecule has 0 saturated carbocycles. The third-order valence-corrected chi connectivity index (χ3v) is 4.23. The standard InChI is InChI=1S/C12H15BrN2OS/c1-15(7-9-5-12(13)17-8-9)10(6-14)11-3-2-4-16-11/h2-5,8,10H,6-7,14H2,1H3. The molecule has 0 radical (unpaired) electrons. The Bertz CT molecular complexity index is 455. The molecule has 0 fully saturated rings. The zero-order chi connectivity index (χ0) is 12.3. The maximum Gasteiger partial charge on any atom is 0.122 e. The summed E-state index contributed by atoms with van der Waals surface area (Å²) in [5.41, 5.74) is 7.10. The van der Waals surface area contributed by atoms with Gasteiger partial charge in [0.2, 0.25) is 0 Å². The van der Waals surface area contributed by atoms with Gasteiger partial charge in [0.25, 0.3) is 0 Å². The first-order chi connectivity index (χ1) is 8.20. The minimum Gasteiger partial charge on any atom is -0.468 e. The SMILES string of the molecule is CN(Cc1csc(Br)c1)C(CN)c1ccco1. The van der Waals surface area contributed by atoms with Crippen molar-refractivity contribution in [3.8, 4) is 0 Å². The molecule has 2 rings (SSSR count). The Hall–Kier alpha value is -0.620. The molecule has 0 aliphatic heterocycles. The molecule has 0 aliphatic rings. The maximum absolute atomic E-state index is 5.82. The van der Waals surface area contributed by atoms with Gasteiger partial charge in [-0.15, -0.1) is 11.3 Å². The Balaban J connectivity index is 2.05. The largest absolute Gasteiger partial charge is 0.468 e. The van der Waals surface area contributed by atoms with Gasteiger partial charge >= 0.3 is 0 Å². The van der Waals surface area contributed by atoms with Crippen molar-refractivity contribution in [2.75, 3.05) is 13.6 Å². The number of hydrogen-bond acceptors (Lipinski definition) is 4. The molecule has 92 valence electrons. The fourth-order valence-corrected chi connectivity index (χ4v) is 3.02. The molecule has 0 bridgehead atoms. The van der Waals surface area contributed by atoms with Gasteiger partial charge in [0.05, 0.1) is 16.1 Å². The summed E-state index contributed by atoms with van der Waals surface area (Å²) in [6, 6.07) is 6.13. The number of halogens is 1. The number of furan rings is 1. The summed E-state index contributed by atoms with van der Waals surface area (Å²) in [4.78, 5) is 2.20. The lowest BCUT2D eigenvalue weighted by molar-refractivity contribution is 0.213. The molecule has 17 heavy (non-hydrogen) atoms. The van der Waals surface area contributed by atoms with E-state index in [2.05, 4.69) is 39.3 Å². The van der Waals surface area contributed by atoms with Crippen LogP contribution < -0.4 is 5.73 Å². The van der Waals surface area contributed by atoms with E-state index >= 15 is 0 Å². The van der Waals surface area contributed by atoms with Crippen LogP contribution in [0.25, 0.3) is 0 Å². The van der Waals surface area contributed by atoms with Crippen molar-refractivity contribution in [1.29, 1.82) is 0 Å². The molecule has 0 spiro atoms. The monoisotopic (exact) mass is 314 g/mol. The number of likely N-dealkylation sites (N-methyl/N-ethyl adjacent to an activating group) is 1. The lowest BCUT2D eigenvalue weighted by Gasteiger charge is -2.24. The highest BCUT2D eigenvalue weighted by molar-refractivity contribution is 9.11. The first-order valence-corrected chi connectivity index (χ1v) is 7.04. The third kappa shape index (κ3) is 3.19. The molecule has 2 N–H and O–H groups in total. The average Bonchev–Trinajstić information content (AvgIpc) is 2.92. The molecular weight excluding hydrogens is 300 g/mol. The molecule has 0 amide bonds. The molecule has 5 heteroatoms. The topological polar surface area (TPSA) is 42.4 Å². The lowest BCUT2D eigenvalue weighted by atomic mass is 10.2. The summed E-state index contributed by atoms with van der Waals surface area (Å²) >= 11 is 5.17. The predicted molar refractivity (Wildman–Crippen MR) is 74.0 cm³/mol. The number of nitrogens with zero attached hydrogens (tertiary/aromatic N) is 1. The van der Waals surface area contributed by atoms with Gasteiger partial charge < -0.3 is 10.2 Å². The van der Waals surface area contributed by atoms with E-state index in [1.54, 1.807) is 17.6 Å². The fraction of sp³-hybridized carbons (Fsp3) is 0.333. The summed E-state index contributed by atoms with van der Waals surface area (Å²) in [6.45, 7) is 1.42. The van der Waals surface area contributed by atoms with E-state index in [1.165, 1.54) is 5.56 Å². The second-order valence-electron chi connectivity index (χ2n) is 3.94. The molecule has 0 saturated heterocycles. The first-order valence-electron chi connectivity index (χ1n) is 5.37. The number of rotatable bonds is 5. The molecule has 3 nitrogen and oxygen atoms in total. The van der Waals surface area contributed by atoms with Crippen LogP contribution in [0.4, 0.5) is 0 Å². The minimum absolute atomic E-state index is 0.128. The van der Waals surface area contributed by atoms with Gasteiger partial charge in [0.15, 0.2) is 0 Å². The van der Waals surface area contributed by atoms with E-state index in [0.29, 0.717) is 6.54 Å². The summed E-state index contributed by atoms with van der Waals surface area (Å²) in [5.74, 6) is 0.921. The molecule has 1 atom stereocenters. The molecular formula is C12H15BrN2OS. The van der Waals surface area contributed by atoms with Crippen molar-refractivity contribution in [3.05, 3.63) is 45.0 Å². The van der Waals surface area contributed by atoms with Gasteiger partial charge in [-0.3, -0.25) is 4.90 Å². The normalized spacial score (nSPS) is 13.2. The Kier molecular flexibility index (Phi) is 4.39. The van der Waals surface area contributed by atoms with E-state index < -0.39 is 0 Å². The summed E-state index contributed by atoms with van der Waals surface area (Å²) in [7, 11) is 2.06. The van der Waals surface area contributed by atoms with E-state index in [9.17, 15) is 0 Å². The zero-order valence-corrected chi connectivity index (χ0v) is 12.0. The van der Waals surface area contributed by atoms with Crippen molar-refractivity contribution in [2.24, 2.45) is 5.73 Å². The summed E-state index contributed by atoms with van der Waals surface area (Å²) in [6.07, 6.45) is 1.69. The zero-order valence-electron chi connectivity index (χ0n) is 9.60. The number of nitrogens with two attached hydrogens (primary N) is 1. The van der Waals surface area contributed by atoms with Crippen LogP contribution in [0, 0.1) is 0 Å². The van der Waals surface area contributed by atoms with E-state index in [-0.39, 0.29) is 6.04 Å². The average molecular weight is 315 g/mol. The quantitative estimate of drug-likeness (QED) is 0.921. The number of hydrogen-bond donors (Lipinski definition) is 1. The van der Waals surface area contributed by atoms with E-state index in [0.717, 1.165) is 16.1 Å². The third-order valence-electron chi connectivity index (χ3n) is 2.68. The smallest absolute Gasteiger partial charge is 0.122 e. The van der Waals surface area contributed by atoms with Gasteiger partial charge in [0, 0.05) is 13.1 Å². The molecule has 0 aromatic carbocycles. The van der Waals surface area contributed by atoms with Crippen LogP contribution in [0.5, 0.6) is 0 Å². The predicted octanol–water partition coefficient (Wildman–Crippen LogP) is 3.24. The Morgan fingerprint density at radius 1 is 1.59 bits per heavy atom. The van der Waals surface area contributed by atoms with Crippen molar-refractivity contribution in [3.63, 3.8) is 0 Å². The fourth-order valence-electron chi connectivity index (χ4n) is 1.82. The van der Waals surface area contributed by atoms with E-state index in [4.69, 9.17) is 10.2 Å². The summed E-state index contributed by atoms with van der Waals surface area (Å²) in [5, 5.41) is 2.15. The molecule has 2 aromatic rings. The Morgan fingerprint density at radius 2 is 2.41 bits per heavy atom.